The van der Waals surface area contributed by atoms with Crippen LogP contribution in [0.25, 0.3) is 0 Å². The fourth-order valence-corrected chi connectivity index (χ4v) is 1.95. The van der Waals surface area contributed by atoms with E-state index in [1.165, 1.54) is 0 Å². The zero-order valence-corrected chi connectivity index (χ0v) is 9.35. The molecule has 0 aromatic carbocycles. The first kappa shape index (κ1) is 10.5. The third-order valence-electron chi connectivity index (χ3n) is 2.10. The maximum absolute atomic E-state index is 9.00. The number of aliphatic hydroxyl groups excluding tert-OH is 1. The number of aromatic nitrogens is 1. The summed E-state index contributed by atoms with van der Waals surface area (Å²) in [4.78, 5) is 7.46. The Morgan fingerprint density at radius 2 is 2.15 bits per heavy atom. The minimum Gasteiger partial charge on any atom is -0.391 e. The van der Waals surface area contributed by atoms with E-state index in [1.54, 1.807) is 11.3 Å². The molecular formula is C9H16N2OS. The molecule has 1 heterocycles. The fourth-order valence-electron chi connectivity index (χ4n) is 0.931. The summed E-state index contributed by atoms with van der Waals surface area (Å²) in [5.74, 6) is 0. The molecule has 0 saturated carbocycles. The molecule has 74 valence electrons. The van der Waals surface area contributed by atoms with Gasteiger partial charge in [0.2, 0.25) is 0 Å². The standard InChI is InChI=1S/C9H16N2OS/c1-6(2)11(4)9-10-7(3)8(5-12)13-9/h6,12H,5H2,1-4H3. The number of aliphatic hydroxyl groups is 1. The molecule has 1 aromatic rings. The topological polar surface area (TPSA) is 36.4 Å². The number of nitrogens with zero attached hydrogens (tertiary/aromatic N) is 2. The Morgan fingerprint density at radius 1 is 1.54 bits per heavy atom. The van der Waals surface area contributed by atoms with Crippen LogP contribution in [0.3, 0.4) is 0 Å². The third-order valence-corrected chi connectivity index (χ3v) is 3.33. The van der Waals surface area contributed by atoms with Crippen LogP contribution < -0.4 is 4.90 Å². The number of thiazole rings is 1. The van der Waals surface area contributed by atoms with Gasteiger partial charge in [0.05, 0.1) is 17.2 Å². The van der Waals surface area contributed by atoms with Gasteiger partial charge in [-0.05, 0) is 20.8 Å². The molecule has 0 spiro atoms. The Balaban J connectivity index is 2.90. The zero-order valence-electron chi connectivity index (χ0n) is 8.53. The van der Waals surface area contributed by atoms with Gasteiger partial charge < -0.3 is 10.0 Å². The van der Waals surface area contributed by atoms with Crippen molar-refractivity contribution in [2.24, 2.45) is 0 Å². The molecule has 0 bridgehead atoms. The summed E-state index contributed by atoms with van der Waals surface area (Å²) in [6.45, 7) is 6.26. The Hall–Kier alpha value is -0.610. The van der Waals surface area contributed by atoms with Crippen molar-refractivity contribution in [3.8, 4) is 0 Å². The van der Waals surface area contributed by atoms with Crippen LogP contribution in [0, 0.1) is 6.92 Å². The Kier molecular flexibility index (Phi) is 3.27. The Morgan fingerprint density at radius 3 is 2.54 bits per heavy atom. The molecule has 1 aromatic heterocycles. The molecule has 4 heteroatoms. The summed E-state index contributed by atoms with van der Waals surface area (Å²) in [7, 11) is 2.02. The summed E-state index contributed by atoms with van der Waals surface area (Å²) >= 11 is 1.56. The second-order valence-corrected chi connectivity index (χ2v) is 4.43. The Bertz CT molecular complexity index is 283. The molecule has 0 radical (unpaired) electrons. The fraction of sp³-hybridized carbons (Fsp3) is 0.667. The van der Waals surface area contributed by atoms with Crippen molar-refractivity contribution >= 4 is 16.5 Å². The maximum Gasteiger partial charge on any atom is 0.185 e. The van der Waals surface area contributed by atoms with Crippen molar-refractivity contribution in [1.82, 2.24) is 4.98 Å². The van der Waals surface area contributed by atoms with E-state index < -0.39 is 0 Å². The van der Waals surface area contributed by atoms with Crippen molar-refractivity contribution in [2.45, 2.75) is 33.4 Å². The largest absolute Gasteiger partial charge is 0.391 e. The molecule has 3 nitrogen and oxygen atoms in total. The van der Waals surface area contributed by atoms with Gasteiger partial charge in [-0.25, -0.2) is 4.98 Å². The van der Waals surface area contributed by atoms with E-state index in [-0.39, 0.29) is 6.61 Å². The molecule has 0 unspecified atom stereocenters. The van der Waals surface area contributed by atoms with Gasteiger partial charge >= 0.3 is 0 Å². The lowest BCUT2D eigenvalue weighted by molar-refractivity contribution is 0.284. The van der Waals surface area contributed by atoms with Crippen molar-refractivity contribution in [3.63, 3.8) is 0 Å². The van der Waals surface area contributed by atoms with E-state index in [0.717, 1.165) is 15.7 Å². The highest BCUT2D eigenvalue weighted by molar-refractivity contribution is 7.15. The summed E-state index contributed by atoms with van der Waals surface area (Å²) in [5.41, 5.74) is 0.940. The van der Waals surface area contributed by atoms with E-state index in [4.69, 9.17) is 5.11 Å². The van der Waals surface area contributed by atoms with Crippen molar-refractivity contribution in [2.75, 3.05) is 11.9 Å². The quantitative estimate of drug-likeness (QED) is 0.808. The number of aryl methyl sites for hydroxylation is 1. The van der Waals surface area contributed by atoms with Gasteiger partial charge in [0.15, 0.2) is 5.13 Å². The number of hydrogen-bond acceptors (Lipinski definition) is 4. The van der Waals surface area contributed by atoms with Crippen LogP contribution in [-0.4, -0.2) is 23.2 Å². The molecule has 1 rings (SSSR count). The van der Waals surface area contributed by atoms with Gasteiger partial charge in [0.25, 0.3) is 0 Å². The van der Waals surface area contributed by atoms with Crippen molar-refractivity contribution in [3.05, 3.63) is 10.6 Å². The van der Waals surface area contributed by atoms with Gasteiger partial charge in [-0.3, -0.25) is 0 Å². The minimum absolute atomic E-state index is 0.0927. The summed E-state index contributed by atoms with van der Waals surface area (Å²) in [6.07, 6.45) is 0. The molecule has 0 aliphatic carbocycles. The number of rotatable bonds is 3. The van der Waals surface area contributed by atoms with Crippen LogP contribution in [0.15, 0.2) is 0 Å². The minimum atomic E-state index is 0.0927. The molecule has 1 N–H and O–H groups in total. The van der Waals surface area contributed by atoms with E-state index in [0.29, 0.717) is 6.04 Å². The first-order valence-corrected chi connectivity index (χ1v) is 5.18. The number of hydrogen-bond donors (Lipinski definition) is 1. The summed E-state index contributed by atoms with van der Waals surface area (Å²) < 4.78 is 0. The van der Waals surface area contributed by atoms with Crippen LogP contribution in [0.2, 0.25) is 0 Å². The van der Waals surface area contributed by atoms with E-state index >= 15 is 0 Å². The average Bonchev–Trinajstić information content (AvgIpc) is 2.45. The smallest absolute Gasteiger partial charge is 0.185 e. The second kappa shape index (κ2) is 4.07. The first-order valence-electron chi connectivity index (χ1n) is 4.36. The highest BCUT2D eigenvalue weighted by Crippen LogP contribution is 2.26. The predicted octanol–water partition coefficient (Wildman–Crippen LogP) is 1.79. The van der Waals surface area contributed by atoms with E-state index in [2.05, 4.69) is 23.7 Å². The molecule has 0 saturated heterocycles. The average molecular weight is 200 g/mol. The maximum atomic E-state index is 9.00. The van der Waals surface area contributed by atoms with Gasteiger partial charge in [-0.1, -0.05) is 11.3 Å². The molecule has 13 heavy (non-hydrogen) atoms. The molecule has 0 aliphatic heterocycles. The predicted molar refractivity (Wildman–Crippen MR) is 56.3 cm³/mol. The first-order chi connectivity index (χ1) is 6.06. The van der Waals surface area contributed by atoms with Gasteiger partial charge in [0, 0.05) is 13.1 Å². The normalized spacial score (nSPS) is 10.9. The lowest BCUT2D eigenvalue weighted by atomic mass is 10.4. The highest BCUT2D eigenvalue weighted by atomic mass is 32.1. The van der Waals surface area contributed by atoms with Crippen LogP contribution in [0.4, 0.5) is 5.13 Å². The lowest BCUT2D eigenvalue weighted by Gasteiger charge is -2.19. The molecular weight excluding hydrogens is 184 g/mol. The van der Waals surface area contributed by atoms with Crippen molar-refractivity contribution < 1.29 is 5.11 Å². The molecule has 0 fully saturated rings. The van der Waals surface area contributed by atoms with Gasteiger partial charge in [-0.15, -0.1) is 0 Å². The van der Waals surface area contributed by atoms with Gasteiger partial charge in [-0.2, -0.15) is 0 Å². The summed E-state index contributed by atoms with van der Waals surface area (Å²) in [6, 6.07) is 0.442. The SMILES string of the molecule is Cc1nc(N(C)C(C)C)sc1CO. The molecule has 0 amide bonds. The second-order valence-electron chi connectivity index (χ2n) is 3.37. The molecule has 0 aliphatic rings. The monoisotopic (exact) mass is 200 g/mol. The Labute approximate surface area is 83.0 Å². The number of anilines is 1. The molecule has 0 atom stereocenters. The van der Waals surface area contributed by atoms with Crippen molar-refractivity contribution in [1.29, 1.82) is 0 Å². The van der Waals surface area contributed by atoms with E-state index in [1.807, 2.05) is 14.0 Å². The van der Waals surface area contributed by atoms with Crippen LogP contribution in [0.5, 0.6) is 0 Å². The van der Waals surface area contributed by atoms with Crippen LogP contribution in [0.1, 0.15) is 24.4 Å². The zero-order chi connectivity index (χ0) is 10.0. The van der Waals surface area contributed by atoms with Crippen LogP contribution in [-0.2, 0) is 6.61 Å². The summed E-state index contributed by atoms with van der Waals surface area (Å²) in [5, 5.41) is 9.99. The van der Waals surface area contributed by atoms with Gasteiger partial charge in [0.1, 0.15) is 0 Å². The van der Waals surface area contributed by atoms with E-state index in [9.17, 15) is 0 Å². The third kappa shape index (κ3) is 2.19. The van der Waals surface area contributed by atoms with Crippen LogP contribution >= 0.6 is 11.3 Å². The highest BCUT2D eigenvalue weighted by Gasteiger charge is 2.12. The lowest BCUT2D eigenvalue weighted by Crippen LogP contribution is -2.25.